The molecular weight excluding hydrogens is 222 g/mol. The van der Waals surface area contributed by atoms with Crippen LogP contribution in [0.1, 0.15) is 73.1 Å². The molecule has 0 saturated heterocycles. The van der Waals surface area contributed by atoms with Crippen molar-refractivity contribution in [2.24, 2.45) is 5.92 Å². The van der Waals surface area contributed by atoms with Crippen molar-refractivity contribution in [3.8, 4) is 0 Å². The van der Waals surface area contributed by atoms with Gasteiger partial charge in [0.25, 0.3) is 0 Å². The van der Waals surface area contributed by atoms with E-state index in [0.29, 0.717) is 0 Å². The van der Waals surface area contributed by atoms with E-state index in [9.17, 15) is 0 Å². The zero-order valence-corrected chi connectivity index (χ0v) is 13.1. The lowest BCUT2D eigenvalue weighted by atomic mass is 9.76. The van der Waals surface area contributed by atoms with Crippen molar-refractivity contribution >= 4 is 0 Å². The smallest absolute Gasteiger partial charge is 0.0813 e. The number of likely N-dealkylation sites (N-methyl/N-ethyl adjacent to an activating group) is 1. The Morgan fingerprint density at radius 2 is 1.78 bits per heavy atom. The Balaban J connectivity index is 2.58. The molecule has 0 unspecified atom stereocenters. The Morgan fingerprint density at radius 1 is 1.17 bits per heavy atom. The Kier molecular flexibility index (Phi) is 6.13. The van der Waals surface area contributed by atoms with Crippen molar-refractivity contribution in [3.63, 3.8) is 0 Å². The van der Waals surface area contributed by atoms with Gasteiger partial charge in [-0.3, -0.25) is 0 Å². The molecule has 0 radical (unpaired) electrons. The molecule has 108 valence electrons. The fourth-order valence-electron chi connectivity index (χ4n) is 3.22. The minimum absolute atomic E-state index is 0.0347. The summed E-state index contributed by atoms with van der Waals surface area (Å²) in [7, 11) is 0. The van der Waals surface area contributed by atoms with Crippen LogP contribution in [0.5, 0.6) is 0 Å². The van der Waals surface area contributed by atoms with Crippen LogP contribution in [0.25, 0.3) is 0 Å². The van der Waals surface area contributed by atoms with E-state index < -0.39 is 0 Å². The third kappa shape index (κ3) is 5.27. The largest absolute Gasteiger partial charge is 0.368 e. The first-order valence-corrected chi connectivity index (χ1v) is 7.81. The van der Waals surface area contributed by atoms with Crippen molar-refractivity contribution in [3.05, 3.63) is 0 Å². The molecule has 2 heteroatoms. The molecular formula is C16H33NO. The second kappa shape index (κ2) is 6.91. The minimum atomic E-state index is -0.0347. The fourth-order valence-corrected chi connectivity index (χ4v) is 3.22. The Bertz CT molecular complexity index is 224. The summed E-state index contributed by atoms with van der Waals surface area (Å²) in [6.07, 6.45) is 7.85. The lowest BCUT2D eigenvalue weighted by Gasteiger charge is -2.44. The van der Waals surface area contributed by atoms with Crippen LogP contribution >= 0.6 is 0 Å². The lowest BCUT2D eigenvalue weighted by Crippen LogP contribution is -2.49. The highest BCUT2D eigenvalue weighted by Crippen LogP contribution is 2.38. The van der Waals surface area contributed by atoms with Crippen LogP contribution in [0.4, 0.5) is 0 Å². The topological polar surface area (TPSA) is 21.3 Å². The van der Waals surface area contributed by atoms with E-state index >= 15 is 0 Å². The second-order valence-corrected chi connectivity index (χ2v) is 6.91. The van der Waals surface area contributed by atoms with Crippen LogP contribution in [-0.2, 0) is 4.74 Å². The van der Waals surface area contributed by atoms with Crippen LogP contribution in [-0.4, -0.2) is 24.3 Å². The van der Waals surface area contributed by atoms with Crippen LogP contribution < -0.4 is 5.32 Å². The van der Waals surface area contributed by atoms with Crippen molar-refractivity contribution in [2.45, 2.75) is 84.3 Å². The van der Waals surface area contributed by atoms with Crippen LogP contribution in [0.3, 0.4) is 0 Å². The molecule has 0 aromatic rings. The van der Waals surface area contributed by atoms with Crippen molar-refractivity contribution in [1.82, 2.24) is 5.32 Å². The number of rotatable bonds is 6. The van der Waals surface area contributed by atoms with E-state index in [-0.39, 0.29) is 11.2 Å². The quantitative estimate of drug-likeness (QED) is 0.770. The monoisotopic (exact) mass is 255 g/mol. The molecule has 1 aliphatic rings. The molecule has 1 rings (SSSR count). The van der Waals surface area contributed by atoms with Gasteiger partial charge in [-0.15, -0.1) is 0 Å². The predicted octanol–water partition coefficient (Wildman–Crippen LogP) is 4.14. The zero-order valence-electron chi connectivity index (χ0n) is 13.1. The van der Waals surface area contributed by atoms with Gasteiger partial charge in [0, 0.05) is 6.54 Å². The van der Waals surface area contributed by atoms with Crippen molar-refractivity contribution < 1.29 is 4.74 Å². The first-order valence-electron chi connectivity index (χ1n) is 7.81. The first kappa shape index (κ1) is 16.0. The number of hydrogen-bond acceptors (Lipinski definition) is 2. The Hall–Kier alpha value is -0.0800. The summed E-state index contributed by atoms with van der Waals surface area (Å²) in [4.78, 5) is 0. The van der Waals surface area contributed by atoms with Gasteiger partial charge in [-0.2, -0.15) is 0 Å². The van der Waals surface area contributed by atoms with Crippen LogP contribution in [0, 0.1) is 5.92 Å². The van der Waals surface area contributed by atoms with Gasteiger partial charge in [-0.25, -0.2) is 0 Å². The highest BCUT2D eigenvalue weighted by Gasteiger charge is 2.38. The average Bonchev–Trinajstić information content (AvgIpc) is 2.28. The molecule has 1 N–H and O–H groups in total. The number of ether oxygens (including phenoxy) is 1. The fraction of sp³-hybridized carbons (Fsp3) is 1.00. The van der Waals surface area contributed by atoms with E-state index in [1.807, 2.05) is 0 Å². The van der Waals surface area contributed by atoms with E-state index in [1.165, 1.54) is 38.5 Å². The summed E-state index contributed by atoms with van der Waals surface area (Å²) in [6, 6.07) is 0. The average molecular weight is 255 g/mol. The third-order valence-electron chi connectivity index (χ3n) is 3.93. The zero-order chi connectivity index (χ0) is 13.6. The van der Waals surface area contributed by atoms with E-state index in [2.05, 4.69) is 39.9 Å². The highest BCUT2D eigenvalue weighted by atomic mass is 16.5. The summed E-state index contributed by atoms with van der Waals surface area (Å²) in [5.74, 6) is 0.938. The summed E-state index contributed by atoms with van der Waals surface area (Å²) >= 11 is 0. The molecule has 0 heterocycles. The molecule has 0 aromatic heterocycles. The molecule has 0 bridgehead atoms. The van der Waals surface area contributed by atoms with Gasteiger partial charge in [0.2, 0.25) is 0 Å². The standard InChI is InChI=1S/C16H33NO/c1-6-8-14-9-11-16(12-10-14,13-17-7-2)18-15(3,4)5/h14,17H,6-13H2,1-5H3. The third-order valence-corrected chi connectivity index (χ3v) is 3.93. The molecule has 1 saturated carbocycles. The SMILES string of the molecule is CCCC1CCC(CNCC)(OC(C)(C)C)CC1. The lowest BCUT2D eigenvalue weighted by molar-refractivity contribution is -0.151. The maximum absolute atomic E-state index is 6.43. The van der Waals surface area contributed by atoms with Crippen LogP contribution in [0.2, 0.25) is 0 Å². The summed E-state index contributed by atoms with van der Waals surface area (Å²) < 4.78 is 6.43. The molecule has 1 fully saturated rings. The van der Waals surface area contributed by atoms with Gasteiger partial charge in [0.15, 0.2) is 0 Å². The van der Waals surface area contributed by atoms with Gasteiger partial charge in [-0.1, -0.05) is 26.7 Å². The molecule has 2 nitrogen and oxygen atoms in total. The predicted molar refractivity (Wildman–Crippen MR) is 79.0 cm³/mol. The second-order valence-electron chi connectivity index (χ2n) is 6.91. The van der Waals surface area contributed by atoms with Gasteiger partial charge in [0.05, 0.1) is 11.2 Å². The molecule has 1 aliphatic carbocycles. The van der Waals surface area contributed by atoms with Crippen LogP contribution in [0.15, 0.2) is 0 Å². The normalized spacial score (nSPS) is 29.5. The maximum atomic E-state index is 6.43. The highest BCUT2D eigenvalue weighted by molar-refractivity contribution is 4.91. The minimum Gasteiger partial charge on any atom is -0.368 e. The molecule has 0 aromatic carbocycles. The Labute approximate surface area is 114 Å². The number of nitrogens with one attached hydrogen (secondary N) is 1. The van der Waals surface area contributed by atoms with E-state index in [1.54, 1.807) is 0 Å². The molecule has 0 amide bonds. The molecule has 0 aliphatic heterocycles. The maximum Gasteiger partial charge on any atom is 0.0813 e. The van der Waals surface area contributed by atoms with Gasteiger partial charge in [0.1, 0.15) is 0 Å². The van der Waals surface area contributed by atoms with E-state index in [0.717, 1.165) is 19.0 Å². The van der Waals surface area contributed by atoms with Gasteiger partial charge >= 0.3 is 0 Å². The molecule has 0 atom stereocenters. The summed E-state index contributed by atoms with van der Waals surface area (Å²) in [6.45, 7) is 13.1. The van der Waals surface area contributed by atoms with Crippen molar-refractivity contribution in [1.29, 1.82) is 0 Å². The summed E-state index contributed by atoms with van der Waals surface area (Å²) in [5.41, 5.74) is 0.0471. The summed E-state index contributed by atoms with van der Waals surface area (Å²) in [5, 5.41) is 3.50. The number of hydrogen-bond donors (Lipinski definition) is 1. The first-order chi connectivity index (χ1) is 8.41. The molecule has 18 heavy (non-hydrogen) atoms. The van der Waals surface area contributed by atoms with E-state index in [4.69, 9.17) is 4.74 Å². The van der Waals surface area contributed by atoms with Gasteiger partial charge in [-0.05, 0) is 58.9 Å². The van der Waals surface area contributed by atoms with Crippen molar-refractivity contribution in [2.75, 3.05) is 13.1 Å². The van der Waals surface area contributed by atoms with Gasteiger partial charge < -0.3 is 10.1 Å². The molecule has 0 spiro atoms. The Morgan fingerprint density at radius 3 is 2.22 bits per heavy atom.